The number of benzene rings is 2. The molecular weight excluding hydrogens is 360 g/mol. The van der Waals surface area contributed by atoms with Gasteiger partial charge in [-0.15, -0.1) is 0 Å². The first-order valence-corrected chi connectivity index (χ1v) is 7.84. The Kier molecular flexibility index (Phi) is 6.31. The lowest BCUT2D eigenvalue weighted by Crippen LogP contribution is -2.28. The number of rotatable bonds is 6. The molecule has 0 heterocycles. The quantitative estimate of drug-likeness (QED) is 0.761. The predicted molar refractivity (Wildman–Crippen MR) is 92.7 cm³/mol. The van der Waals surface area contributed by atoms with Crippen molar-refractivity contribution in [3.63, 3.8) is 0 Å². The van der Waals surface area contributed by atoms with Gasteiger partial charge in [-0.3, -0.25) is 9.59 Å². The zero-order valence-corrected chi connectivity index (χ0v) is 14.2. The summed E-state index contributed by atoms with van der Waals surface area (Å²) in [6, 6.07) is 13.9. The van der Waals surface area contributed by atoms with Crippen LogP contribution < -0.4 is 10.6 Å². The van der Waals surface area contributed by atoms with Gasteiger partial charge in [-0.2, -0.15) is 0 Å². The summed E-state index contributed by atoms with van der Waals surface area (Å²) >= 11 is 3.33. The van der Waals surface area contributed by atoms with E-state index in [4.69, 9.17) is 4.74 Å². The van der Waals surface area contributed by atoms with Crippen molar-refractivity contribution in [2.45, 2.75) is 0 Å². The Morgan fingerprint density at radius 3 is 2.61 bits per heavy atom. The molecule has 2 N–H and O–H groups in total. The standard InChI is InChI=1S/C17H17BrN2O3/c1-23-10-9-19-17(22)14-7-2-3-8-15(14)20-16(21)12-5-4-6-13(18)11-12/h2-8,11H,9-10H2,1H3,(H,19,22)(H,20,21). The second kappa shape index (κ2) is 8.45. The number of nitrogens with one attached hydrogen (secondary N) is 2. The van der Waals surface area contributed by atoms with E-state index in [2.05, 4.69) is 26.6 Å². The first kappa shape index (κ1) is 17.2. The van der Waals surface area contributed by atoms with Gasteiger partial charge in [-0.05, 0) is 30.3 Å². The molecule has 0 saturated carbocycles. The highest BCUT2D eigenvalue weighted by molar-refractivity contribution is 9.10. The number of ether oxygens (including phenoxy) is 1. The SMILES string of the molecule is COCCNC(=O)c1ccccc1NC(=O)c1cccc(Br)c1. The van der Waals surface area contributed by atoms with E-state index in [0.29, 0.717) is 30.0 Å². The van der Waals surface area contributed by atoms with Crippen LogP contribution in [0.5, 0.6) is 0 Å². The van der Waals surface area contributed by atoms with E-state index >= 15 is 0 Å². The average molecular weight is 377 g/mol. The van der Waals surface area contributed by atoms with Gasteiger partial charge in [0.1, 0.15) is 0 Å². The molecule has 0 saturated heterocycles. The number of amides is 2. The Morgan fingerprint density at radius 1 is 1.09 bits per heavy atom. The van der Waals surface area contributed by atoms with Gasteiger partial charge < -0.3 is 15.4 Å². The van der Waals surface area contributed by atoms with Crippen LogP contribution in [0.3, 0.4) is 0 Å². The zero-order valence-electron chi connectivity index (χ0n) is 12.6. The molecule has 0 aliphatic heterocycles. The van der Waals surface area contributed by atoms with E-state index in [9.17, 15) is 9.59 Å². The molecule has 0 aliphatic rings. The van der Waals surface area contributed by atoms with Crippen molar-refractivity contribution in [2.24, 2.45) is 0 Å². The molecule has 2 rings (SSSR count). The Hall–Kier alpha value is -2.18. The minimum absolute atomic E-state index is 0.257. The number of para-hydroxylation sites is 1. The summed E-state index contributed by atoms with van der Waals surface area (Å²) in [6.45, 7) is 0.835. The van der Waals surface area contributed by atoms with Crippen molar-refractivity contribution < 1.29 is 14.3 Å². The smallest absolute Gasteiger partial charge is 0.255 e. The molecule has 0 unspecified atom stereocenters. The second-order valence-electron chi connectivity index (χ2n) is 4.76. The minimum Gasteiger partial charge on any atom is -0.383 e. The van der Waals surface area contributed by atoms with Crippen molar-refractivity contribution in [3.05, 3.63) is 64.1 Å². The lowest BCUT2D eigenvalue weighted by molar-refractivity contribution is 0.0938. The van der Waals surface area contributed by atoms with Gasteiger partial charge in [0, 0.05) is 23.7 Å². The molecule has 0 aromatic heterocycles. The Labute approximate surface area is 143 Å². The van der Waals surface area contributed by atoms with E-state index in [-0.39, 0.29) is 11.8 Å². The Balaban J connectivity index is 2.14. The monoisotopic (exact) mass is 376 g/mol. The number of carbonyl (C=O) groups is 2. The molecule has 0 fully saturated rings. The van der Waals surface area contributed by atoms with Crippen LogP contribution in [0, 0.1) is 0 Å². The van der Waals surface area contributed by atoms with E-state index < -0.39 is 0 Å². The number of hydrogen-bond acceptors (Lipinski definition) is 3. The second-order valence-corrected chi connectivity index (χ2v) is 5.67. The molecule has 0 spiro atoms. The molecule has 0 atom stereocenters. The van der Waals surface area contributed by atoms with Crippen LogP contribution in [0.15, 0.2) is 53.0 Å². The summed E-state index contributed by atoms with van der Waals surface area (Å²) in [5.41, 5.74) is 1.38. The van der Waals surface area contributed by atoms with Crippen LogP contribution in [-0.4, -0.2) is 32.1 Å². The molecule has 2 aromatic rings. The summed E-state index contributed by atoms with van der Waals surface area (Å²) in [7, 11) is 1.57. The summed E-state index contributed by atoms with van der Waals surface area (Å²) in [5, 5.41) is 5.51. The average Bonchev–Trinajstić information content (AvgIpc) is 2.55. The Bertz CT molecular complexity index is 704. The summed E-state index contributed by atoms with van der Waals surface area (Å²) in [6.07, 6.45) is 0. The third-order valence-electron chi connectivity index (χ3n) is 3.10. The molecule has 6 heteroatoms. The molecular formula is C17H17BrN2O3. The molecule has 5 nitrogen and oxygen atoms in total. The fraction of sp³-hybridized carbons (Fsp3) is 0.176. The topological polar surface area (TPSA) is 67.4 Å². The van der Waals surface area contributed by atoms with Crippen molar-refractivity contribution >= 4 is 33.4 Å². The number of anilines is 1. The molecule has 120 valence electrons. The van der Waals surface area contributed by atoms with Crippen LogP contribution in [0.4, 0.5) is 5.69 Å². The summed E-state index contributed by atoms with van der Waals surface area (Å²) in [4.78, 5) is 24.5. The number of halogens is 1. The van der Waals surface area contributed by atoms with E-state index in [1.54, 1.807) is 49.6 Å². The van der Waals surface area contributed by atoms with Crippen molar-refractivity contribution in [1.29, 1.82) is 0 Å². The van der Waals surface area contributed by atoms with Gasteiger partial charge in [0.25, 0.3) is 11.8 Å². The molecule has 0 bridgehead atoms. The minimum atomic E-state index is -0.275. The van der Waals surface area contributed by atoms with Gasteiger partial charge in [-0.1, -0.05) is 34.1 Å². The highest BCUT2D eigenvalue weighted by Crippen LogP contribution is 2.17. The normalized spacial score (nSPS) is 10.2. The van der Waals surface area contributed by atoms with Crippen molar-refractivity contribution in [1.82, 2.24) is 5.32 Å². The van der Waals surface area contributed by atoms with E-state index in [1.807, 2.05) is 6.07 Å². The third kappa shape index (κ3) is 4.91. The van der Waals surface area contributed by atoms with Crippen LogP contribution in [0.25, 0.3) is 0 Å². The predicted octanol–water partition coefficient (Wildman–Crippen LogP) is 3.08. The summed E-state index contributed by atoms with van der Waals surface area (Å²) in [5.74, 6) is -0.532. The van der Waals surface area contributed by atoms with E-state index in [0.717, 1.165) is 4.47 Å². The number of methoxy groups -OCH3 is 1. The van der Waals surface area contributed by atoms with Crippen LogP contribution in [0.2, 0.25) is 0 Å². The lowest BCUT2D eigenvalue weighted by atomic mass is 10.1. The largest absolute Gasteiger partial charge is 0.383 e. The fourth-order valence-corrected chi connectivity index (χ4v) is 2.38. The van der Waals surface area contributed by atoms with Gasteiger partial charge in [0.2, 0.25) is 0 Å². The van der Waals surface area contributed by atoms with E-state index in [1.165, 1.54) is 0 Å². The molecule has 2 aromatic carbocycles. The zero-order chi connectivity index (χ0) is 16.7. The lowest BCUT2D eigenvalue weighted by Gasteiger charge is -2.11. The number of hydrogen-bond donors (Lipinski definition) is 2. The fourth-order valence-electron chi connectivity index (χ4n) is 1.98. The maximum Gasteiger partial charge on any atom is 0.255 e. The van der Waals surface area contributed by atoms with Gasteiger partial charge in [-0.25, -0.2) is 0 Å². The molecule has 23 heavy (non-hydrogen) atoms. The van der Waals surface area contributed by atoms with Gasteiger partial charge in [0.15, 0.2) is 0 Å². The Morgan fingerprint density at radius 2 is 1.87 bits per heavy atom. The van der Waals surface area contributed by atoms with Crippen molar-refractivity contribution in [2.75, 3.05) is 25.6 Å². The van der Waals surface area contributed by atoms with Gasteiger partial charge >= 0.3 is 0 Å². The molecule has 0 radical (unpaired) electrons. The van der Waals surface area contributed by atoms with Crippen LogP contribution in [-0.2, 0) is 4.74 Å². The maximum atomic E-state index is 12.3. The molecule has 2 amide bonds. The highest BCUT2D eigenvalue weighted by atomic mass is 79.9. The van der Waals surface area contributed by atoms with Gasteiger partial charge in [0.05, 0.1) is 17.9 Å². The first-order chi connectivity index (χ1) is 11.1. The third-order valence-corrected chi connectivity index (χ3v) is 3.59. The summed E-state index contributed by atoms with van der Waals surface area (Å²) < 4.78 is 5.72. The first-order valence-electron chi connectivity index (χ1n) is 7.05. The maximum absolute atomic E-state index is 12.3. The highest BCUT2D eigenvalue weighted by Gasteiger charge is 2.13. The number of carbonyl (C=O) groups excluding carboxylic acids is 2. The van der Waals surface area contributed by atoms with Crippen LogP contribution >= 0.6 is 15.9 Å². The van der Waals surface area contributed by atoms with Crippen molar-refractivity contribution in [3.8, 4) is 0 Å². The molecule has 0 aliphatic carbocycles. The van der Waals surface area contributed by atoms with Crippen LogP contribution in [0.1, 0.15) is 20.7 Å².